The number of rotatable bonds is 3. The molecule has 0 aromatic carbocycles. The second-order valence-corrected chi connectivity index (χ2v) is 3.79. The Morgan fingerprint density at radius 1 is 1.67 bits per heavy atom. The zero-order valence-electron chi connectivity index (χ0n) is 7.45. The third-order valence-electron chi connectivity index (χ3n) is 2.76. The Morgan fingerprint density at radius 2 is 2.50 bits per heavy atom. The third-order valence-corrected chi connectivity index (χ3v) is 2.76. The molecule has 2 atom stereocenters. The summed E-state index contributed by atoms with van der Waals surface area (Å²) in [6.07, 6.45) is 2.34. The van der Waals surface area contributed by atoms with Gasteiger partial charge >= 0.3 is 0 Å². The number of likely N-dealkylation sites (tertiary alicyclic amines) is 1. The predicted molar refractivity (Wildman–Crippen MR) is 45.0 cm³/mol. The molecule has 2 heterocycles. The van der Waals surface area contributed by atoms with E-state index in [1.54, 1.807) is 6.92 Å². The van der Waals surface area contributed by atoms with E-state index in [0.717, 1.165) is 19.7 Å². The fourth-order valence-corrected chi connectivity index (χ4v) is 2.05. The summed E-state index contributed by atoms with van der Waals surface area (Å²) in [5, 5.41) is 0. The van der Waals surface area contributed by atoms with Gasteiger partial charge in [0.25, 0.3) is 0 Å². The summed E-state index contributed by atoms with van der Waals surface area (Å²) < 4.78 is 5.46. The predicted octanol–water partition coefficient (Wildman–Crippen LogP) is 0.439. The van der Waals surface area contributed by atoms with Crippen molar-refractivity contribution in [2.75, 3.05) is 19.7 Å². The second kappa shape index (κ2) is 3.15. The van der Waals surface area contributed by atoms with Gasteiger partial charge in [-0.1, -0.05) is 0 Å². The SMILES string of the molecule is CC(=O)CCN1CC2CC1CO2. The highest BCUT2D eigenvalue weighted by Gasteiger charge is 2.38. The van der Waals surface area contributed by atoms with Crippen molar-refractivity contribution in [3.8, 4) is 0 Å². The molecule has 2 aliphatic rings. The topological polar surface area (TPSA) is 29.5 Å². The molecule has 2 fully saturated rings. The number of nitrogens with zero attached hydrogens (tertiary/aromatic N) is 1. The van der Waals surface area contributed by atoms with Crippen LogP contribution in [-0.4, -0.2) is 42.5 Å². The summed E-state index contributed by atoms with van der Waals surface area (Å²) in [4.78, 5) is 13.1. The lowest BCUT2D eigenvalue weighted by Crippen LogP contribution is -2.38. The monoisotopic (exact) mass is 169 g/mol. The highest BCUT2D eigenvalue weighted by Crippen LogP contribution is 2.27. The Kier molecular flexibility index (Phi) is 2.15. The van der Waals surface area contributed by atoms with Gasteiger partial charge in [0.2, 0.25) is 0 Å². The maximum Gasteiger partial charge on any atom is 0.131 e. The van der Waals surface area contributed by atoms with E-state index in [4.69, 9.17) is 4.74 Å². The Hall–Kier alpha value is -0.410. The van der Waals surface area contributed by atoms with Gasteiger partial charge in [0.05, 0.1) is 12.7 Å². The first-order valence-corrected chi connectivity index (χ1v) is 4.61. The molecule has 2 rings (SSSR count). The van der Waals surface area contributed by atoms with Crippen molar-refractivity contribution in [3.63, 3.8) is 0 Å². The lowest BCUT2D eigenvalue weighted by molar-refractivity contribution is -0.117. The summed E-state index contributed by atoms with van der Waals surface area (Å²) in [5.41, 5.74) is 0. The van der Waals surface area contributed by atoms with Gasteiger partial charge in [-0.2, -0.15) is 0 Å². The molecule has 0 aromatic heterocycles. The zero-order chi connectivity index (χ0) is 8.55. The van der Waals surface area contributed by atoms with Crippen LogP contribution in [0.25, 0.3) is 0 Å². The minimum absolute atomic E-state index is 0.290. The van der Waals surface area contributed by atoms with E-state index in [1.807, 2.05) is 0 Å². The van der Waals surface area contributed by atoms with Crippen LogP contribution in [-0.2, 0) is 9.53 Å². The number of carbonyl (C=O) groups is 1. The van der Waals surface area contributed by atoms with Crippen molar-refractivity contribution in [1.29, 1.82) is 0 Å². The summed E-state index contributed by atoms with van der Waals surface area (Å²) in [6, 6.07) is 0.606. The van der Waals surface area contributed by atoms with Crippen LogP contribution in [0.3, 0.4) is 0 Å². The molecule has 2 saturated heterocycles. The highest BCUT2D eigenvalue weighted by molar-refractivity contribution is 5.75. The van der Waals surface area contributed by atoms with Gasteiger partial charge in [-0.25, -0.2) is 0 Å². The number of Topliss-reactive ketones (excluding diaryl/α,β-unsaturated/α-hetero) is 1. The van der Waals surface area contributed by atoms with Gasteiger partial charge in [-0.3, -0.25) is 9.69 Å². The molecule has 68 valence electrons. The first-order valence-electron chi connectivity index (χ1n) is 4.61. The fraction of sp³-hybridized carbons (Fsp3) is 0.889. The van der Waals surface area contributed by atoms with Crippen LogP contribution in [0.4, 0.5) is 0 Å². The van der Waals surface area contributed by atoms with Gasteiger partial charge in [0.1, 0.15) is 5.78 Å². The van der Waals surface area contributed by atoms with Gasteiger partial charge in [-0.05, 0) is 13.3 Å². The number of hydrogen-bond acceptors (Lipinski definition) is 3. The molecule has 2 aliphatic heterocycles. The lowest BCUT2D eigenvalue weighted by Gasteiger charge is -2.25. The molecule has 2 unspecified atom stereocenters. The van der Waals surface area contributed by atoms with E-state index in [9.17, 15) is 4.79 Å². The van der Waals surface area contributed by atoms with Gasteiger partial charge < -0.3 is 4.74 Å². The van der Waals surface area contributed by atoms with Crippen molar-refractivity contribution in [2.45, 2.75) is 31.9 Å². The van der Waals surface area contributed by atoms with Crippen molar-refractivity contribution < 1.29 is 9.53 Å². The highest BCUT2D eigenvalue weighted by atomic mass is 16.5. The number of fused-ring (bicyclic) bond motifs is 2. The number of hydrogen-bond donors (Lipinski definition) is 0. The minimum atomic E-state index is 0.290. The van der Waals surface area contributed by atoms with Crippen LogP contribution >= 0.6 is 0 Å². The normalized spacial score (nSPS) is 34.4. The fourth-order valence-electron chi connectivity index (χ4n) is 2.05. The Morgan fingerprint density at radius 3 is 3.00 bits per heavy atom. The molecule has 0 radical (unpaired) electrons. The van der Waals surface area contributed by atoms with Crippen molar-refractivity contribution in [1.82, 2.24) is 4.90 Å². The van der Waals surface area contributed by atoms with Crippen molar-refractivity contribution in [3.05, 3.63) is 0 Å². The second-order valence-electron chi connectivity index (χ2n) is 3.79. The molecule has 0 spiro atoms. The van der Waals surface area contributed by atoms with E-state index >= 15 is 0 Å². The van der Waals surface area contributed by atoms with E-state index < -0.39 is 0 Å². The van der Waals surface area contributed by atoms with Crippen LogP contribution in [0.5, 0.6) is 0 Å². The number of morpholine rings is 1. The molecule has 0 aromatic rings. The van der Waals surface area contributed by atoms with Crippen LogP contribution in [0, 0.1) is 0 Å². The molecule has 3 heteroatoms. The maximum absolute atomic E-state index is 10.7. The van der Waals surface area contributed by atoms with Gasteiger partial charge in [-0.15, -0.1) is 0 Å². The van der Waals surface area contributed by atoms with Crippen LogP contribution in [0.15, 0.2) is 0 Å². The Bertz CT molecular complexity index is 193. The molecule has 2 bridgehead atoms. The number of ether oxygens (including phenoxy) is 1. The van der Waals surface area contributed by atoms with Crippen LogP contribution in [0.1, 0.15) is 19.8 Å². The third kappa shape index (κ3) is 1.52. The first kappa shape index (κ1) is 8.20. The average molecular weight is 169 g/mol. The molecule has 12 heavy (non-hydrogen) atoms. The molecule has 0 saturated carbocycles. The van der Waals surface area contributed by atoms with E-state index in [1.165, 1.54) is 6.42 Å². The Balaban J connectivity index is 1.79. The molecular formula is C9H15NO2. The van der Waals surface area contributed by atoms with Gasteiger partial charge in [0, 0.05) is 25.6 Å². The van der Waals surface area contributed by atoms with Crippen molar-refractivity contribution >= 4 is 5.78 Å². The smallest absolute Gasteiger partial charge is 0.131 e. The molecule has 0 aliphatic carbocycles. The number of carbonyl (C=O) groups excluding carboxylic acids is 1. The zero-order valence-corrected chi connectivity index (χ0v) is 7.45. The maximum atomic E-state index is 10.7. The standard InChI is InChI=1S/C9H15NO2/c1-7(11)2-3-10-5-9-4-8(10)6-12-9/h8-9H,2-6H2,1H3. The molecule has 3 nitrogen and oxygen atoms in total. The summed E-state index contributed by atoms with van der Waals surface area (Å²) in [6.45, 7) is 4.51. The summed E-state index contributed by atoms with van der Waals surface area (Å²) in [5.74, 6) is 0.290. The number of ketones is 1. The summed E-state index contributed by atoms with van der Waals surface area (Å²) >= 11 is 0. The van der Waals surface area contributed by atoms with Crippen LogP contribution < -0.4 is 0 Å². The van der Waals surface area contributed by atoms with E-state index in [0.29, 0.717) is 24.3 Å². The quantitative estimate of drug-likeness (QED) is 0.614. The Labute approximate surface area is 72.7 Å². The first-order chi connectivity index (χ1) is 5.75. The molecule has 0 N–H and O–H groups in total. The molecular weight excluding hydrogens is 154 g/mol. The summed E-state index contributed by atoms with van der Waals surface area (Å²) in [7, 11) is 0. The van der Waals surface area contributed by atoms with E-state index in [2.05, 4.69) is 4.90 Å². The lowest BCUT2D eigenvalue weighted by atomic mass is 10.2. The molecule has 0 amide bonds. The van der Waals surface area contributed by atoms with Crippen LogP contribution in [0.2, 0.25) is 0 Å². The van der Waals surface area contributed by atoms with Crippen molar-refractivity contribution in [2.24, 2.45) is 0 Å². The average Bonchev–Trinajstić information content (AvgIpc) is 2.60. The minimum Gasteiger partial charge on any atom is -0.375 e. The largest absolute Gasteiger partial charge is 0.375 e. The van der Waals surface area contributed by atoms with E-state index in [-0.39, 0.29) is 0 Å². The van der Waals surface area contributed by atoms with Gasteiger partial charge in [0.15, 0.2) is 0 Å².